The fourth-order valence-electron chi connectivity index (χ4n) is 0.939. The smallest absolute Gasteiger partial charge is 0.237 e. The summed E-state index contributed by atoms with van der Waals surface area (Å²) in [5.74, 6) is 0. The lowest BCUT2D eigenvalue weighted by Crippen LogP contribution is -2.07. The van der Waals surface area contributed by atoms with Crippen molar-refractivity contribution < 1.29 is 0 Å². The van der Waals surface area contributed by atoms with Gasteiger partial charge >= 0.3 is 0 Å². The van der Waals surface area contributed by atoms with Gasteiger partial charge in [0.25, 0.3) is 16.3 Å². The topological polar surface area (TPSA) is 30.2 Å². The zero-order valence-corrected chi connectivity index (χ0v) is 10.1. The first-order chi connectivity index (χ1) is 5.27. The second-order valence-corrected chi connectivity index (χ2v) is 4.71. The van der Waals surface area contributed by atoms with Crippen LogP contribution in [-0.2, 0) is 0 Å². The molecule has 0 aliphatic carbocycles. The van der Waals surface area contributed by atoms with E-state index >= 15 is 0 Å². The molecule has 0 aromatic carbocycles. The molecule has 54 valence electrons. The molecule has 0 saturated heterocycles. The molecule has 0 radical (unpaired) electrons. The van der Waals surface area contributed by atoms with Crippen LogP contribution in [0.2, 0.25) is 0 Å². The Labute approximate surface area is 85.4 Å². The highest BCUT2D eigenvalue weighted by atomic mass is 127. The van der Waals surface area contributed by atoms with E-state index in [1.807, 2.05) is 23.1 Å². The molecule has 3 nitrogen and oxygen atoms in total. The molecule has 2 aromatic heterocycles. The second kappa shape index (κ2) is 2.74. The highest BCUT2D eigenvalue weighted by Crippen LogP contribution is 2.07. The molecule has 11 heavy (non-hydrogen) atoms. The van der Waals surface area contributed by atoms with E-state index in [0.717, 1.165) is 25.5 Å². The van der Waals surface area contributed by atoms with Crippen molar-refractivity contribution in [2.45, 2.75) is 0 Å². The summed E-state index contributed by atoms with van der Waals surface area (Å²) in [6, 6.07) is 0. The van der Waals surface area contributed by atoms with E-state index in [1.165, 1.54) is 4.43 Å². The molecule has 0 spiro atoms. The molecule has 0 unspecified atom stereocenters. The van der Waals surface area contributed by atoms with Crippen molar-refractivity contribution in [3.05, 3.63) is 22.2 Å². The van der Waals surface area contributed by atoms with E-state index in [9.17, 15) is 0 Å². The van der Waals surface area contributed by atoms with Crippen molar-refractivity contribution in [1.29, 1.82) is 0 Å². The molecule has 0 aliphatic heterocycles. The number of hydrogen-bond acceptors (Lipinski definition) is 2. The van der Waals surface area contributed by atoms with Crippen LogP contribution in [-0.4, -0.2) is 30.9 Å². The van der Waals surface area contributed by atoms with Gasteiger partial charge in [-0.1, -0.05) is 4.43 Å². The molecule has 2 rings (SSSR count). The lowest BCUT2D eigenvalue weighted by atomic mass is 10.6. The Morgan fingerprint density at radius 2 is 2.27 bits per heavy atom. The SMILES string of the molecule is [AlH2][c]1cnc2c(I)cnn2c1. The van der Waals surface area contributed by atoms with Crippen LogP contribution >= 0.6 is 22.6 Å². The minimum atomic E-state index is 0.949. The highest BCUT2D eigenvalue weighted by molar-refractivity contribution is 14.1. The standard InChI is InChI=1S/C6H3IN3.Al.2H/c7-5-4-9-10-3-1-2-8-6(5)10;;;/h2-4H;;;. The van der Waals surface area contributed by atoms with Crippen LogP contribution < -0.4 is 4.43 Å². The van der Waals surface area contributed by atoms with Crippen LogP contribution in [0.5, 0.6) is 0 Å². The summed E-state index contributed by atoms with van der Waals surface area (Å²) >= 11 is 3.26. The third kappa shape index (κ3) is 1.28. The molecule has 2 heterocycles. The maximum absolute atomic E-state index is 4.27. The minimum Gasteiger partial charge on any atom is -0.237 e. The molecule has 5 heteroatoms. The average molecular weight is 273 g/mol. The molecule has 0 bridgehead atoms. The number of aromatic nitrogens is 3. The van der Waals surface area contributed by atoms with Gasteiger partial charge in [-0.05, 0) is 22.6 Å². The van der Waals surface area contributed by atoms with Gasteiger partial charge in [-0.25, -0.2) is 9.50 Å². The number of hydrogen-bond donors (Lipinski definition) is 0. The van der Waals surface area contributed by atoms with Gasteiger partial charge in [-0.2, -0.15) is 5.10 Å². The Hall–Kier alpha value is -0.118. The van der Waals surface area contributed by atoms with Crippen LogP contribution in [0.3, 0.4) is 0 Å². The summed E-state index contributed by atoms with van der Waals surface area (Å²) in [7, 11) is 0. The average Bonchev–Trinajstić information content (AvgIpc) is 2.32. The Balaban J connectivity index is 2.86. The highest BCUT2D eigenvalue weighted by Gasteiger charge is 1.99. The first kappa shape index (κ1) is 7.53. The molecule has 0 atom stereocenters. The van der Waals surface area contributed by atoms with Crippen molar-refractivity contribution in [3.63, 3.8) is 0 Å². The van der Waals surface area contributed by atoms with Gasteiger partial charge in [0.05, 0.1) is 9.77 Å². The van der Waals surface area contributed by atoms with Crippen LogP contribution in [0.15, 0.2) is 18.6 Å². The number of rotatable bonds is 0. The van der Waals surface area contributed by atoms with Crippen molar-refractivity contribution in [1.82, 2.24) is 14.6 Å². The lowest BCUT2D eigenvalue weighted by Gasteiger charge is -1.93. The van der Waals surface area contributed by atoms with E-state index in [4.69, 9.17) is 0 Å². The Kier molecular flexibility index (Phi) is 1.87. The van der Waals surface area contributed by atoms with Gasteiger partial charge in [0.2, 0.25) is 0 Å². The van der Waals surface area contributed by atoms with Crippen molar-refractivity contribution in [2.75, 3.05) is 0 Å². The largest absolute Gasteiger partial charge is 0.263 e. The fraction of sp³-hybridized carbons (Fsp3) is 0. The predicted octanol–water partition coefficient (Wildman–Crippen LogP) is -0.408. The molecule has 0 N–H and O–H groups in total. The lowest BCUT2D eigenvalue weighted by molar-refractivity contribution is 0.946. The first-order valence-corrected chi connectivity index (χ1v) is 5.31. The monoisotopic (exact) mass is 273 g/mol. The fourth-order valence-corrected chi connectivity index (χ4v) is 1.82. The first-order valence-electron chi connectivity index (χ1n) is 3.23. The Bertz CT molecular complexity index is 398. The van der Waals surface area contributed by atoms with Gasteiger partial charge in [0.1, 0.15) is 0 Å². The number of fused-ring (bicyclic) bond motifs is 1. The van der Waals surface area contributed by atoms with Crippen LogP contribution in [0.25, 0.3) is 5.65 Å². The maximum atomic E-state index is 4.27. The maximum Gasteiger partial charge on any atom is 0.263 e. The zero-order chi connectivity index (χ0) is 7.84. The molecular weight excluding hydrogens is 268 g/mol. The molecule has 0 fully saturated rings. The van der Waals surface area contributed by atoms with Crippen molar-refractivity contribution >= 4 is 49.0 Å². The van der Waals surface area contributed by atoms with Crippen LogP contribution in [0.1, 0.15) is 0 Å². The Morgan fingerprint density at radius 1 is 1.45 bits per heavy atom. The van der Waals surface area contributed by atoms with E-state index in [2.05, 4.69) is 32.7 Å². The van der Waals surface area contributed by atoms with Gasteiger partial charge in [0.15, 0.2) is 5.65 Å². The van der Waals surface area contributed by atoms with E-state index in [0.29, 0.717) is 0 Å². The van der Waals surface area contributed by atoms with Crippen LogP contribution in [0.4, 0.5) is 0 Å². The molecule has 2 aromatic rings. The molecule has 0 aliphatic rings. The van der Waals surface area contributed by atoms with E-state index in [-0.39, 0.29) is 0 Å². The minimum absolute atomic E-state index is 0.949. The summed E-state index contributed by atoms with van der Waals surface area (Å²) < 4.78 is 4.19. The second-order valence-electron chi connectivity index (χ2n) is 2.39. The summed E-state index contributed by atoms with van der Waals surface area (Å²) in [6.07, 6.45) is 5.76. The Morgan fingerprint density at radius 3 is 3.09 bits per heavy atom. The third-order valence-corrected chi connectivity index (χ3v) is 2.72. The van der Waals surface area contributed by atoms with E-state index in [1.54, 1.807) is 0 Å². The predicted molar refractivity (Wildman–Crippen MR) is 53.9 cm³/mol. The van der Waals surface area contributed by atoms with Gasteiger partial charge < -0.3 is 0 Å². The van der Waals surface area contributed by atoms with Gasteiger partial charge in [0, 0.05) is 12.4 Å². The third-order valence-electron chi connectivity index (χ3n) is 1.44. The number of halogens is 1. The quantitative estimate of drug-likeness (QED) is 0.482. The molecular formula is C6H5AlIN3. The number of nitrogens with zero attached hydrogens (tertiary/aromatic N) is 3. The van der Waals surface area contributed by atoms with Gasteiger partial charge in [-0.3, -0.25) is 0 Å². The summed E-state index contributed by atoms with van der Waals surface area (Å²) in [4.78, 5) is 4.27. The summed E-state index contributed by atoms with van der Waals surface area (Å²) in [5.41, 5.74) is 0.949. The summed E-state index contributed by atoms with van der Waals surface area (Å²) in [5, 5.41) is 4.15. The van der Waals surface area contributed by atoms with E-state index < -0.39 is 0 Å². The van der Waals surface area contributed by atoms with Gasteiger partial charge in [-0.15, -0.1) is 0 Å². The van der Waals surface area contributed by atoms with Crippen molar-refractivity contribution in [2.24, 2.45) is 0 Å². The van der Waals surface area contributed by atoms with Crippen molar-refractivity contribution in [3.8, 4) is 0 Å². The molecule has 0 amide bonds. The zero-order valence-electron chi connectivity index (χ0n) is 5.95. The summed E-state index contributed by atoms with van der Waals surface area (Å²) in [6.45, 7) is 0. The normalized spacial score (nSPS) is 10.6. The van der Waals surface area contributed by atoms with Crippen LogP contribution in [0, 0.1) is 3.57 Å². The molecule has 0 saturated carbocycles.